The number of aliphatic hydroxyl groups excluding tert-OH is 1. The van der Waals surface area contributed by atoms with Crippen LogP contribution in [0.5, 0.6) is 0 Å². The molecule has 0 spiro atoms. The Labute approximate surface area is 168 Å². The Morgan fingerprint density at radius 2 is 2.26 bits per heavy atom. The summed E-state index contributed by atoms with van der Waals surface area (Å²) in [6, 6.07) is 6.63. The molecule has 1 amide bonds. The lowest BCUT2D eigenvalue weighted by Crippen LogP contribution is -2.26. The average Bonchev–Trinajstić information content (AvgIpc) is 3.00. The topological polar surface area (TPSA) is 85.9 Å². The van der Waals surface area contributed by atoms with E-state index in [-0.39, 0.29) is 24.5 Å². The van der Waals surface area contributed by atoms with Crippen LogP contribution in [0.3, 0.4) is 0 Å². The quantitative estimate of drug-likeness (QED) is 0.391. The number of carbonyl (C=O) groups excluding carboxylic acids is 1. The number of rotatable bonds is 6. The molecule has 10 heteroatoms. The standard InChI is InChI=1S/C17H17BrClFN4O3/c1-24-8-21-16-13(24)7-10(17(26)23-27-5-4-25)15(14(16)20)22-12-3-2-9(18)6-11(12)19/h2-3,6-7,21-22,25H,4-5,8H2,1H3,(H,23,26). The van der Waals surface area contributed by atoms with Crippen molar-refractivity contribution < 1.29 is 19.1 Å². The molecule has 7 nitrogen and oxygen atoms in total. The zero-order valence-corrected chi connectivity index (χ0v) is 16.6. The van der Waals surface area contributed by atoms with E-state index in [1.165, 1.54) is 0 Å². The molecule has 0 aliphatic carbocycles. The summed E-state index contributed by atoms with van der Waals surface area (Å²) in [5, 5.41) is 15.0. The number of hydrogen-bond donors (Lipinski definition) is 4. The molecule has 2 aromatic rings. The van der Waals surface area contributed by atoms with Gasteiger partial charge in [-0.05, 0) is 24.3 Å². The van der Waals surface area contributed by atoms with Crippen molar-refractivity contribution in [2.45, 2.75) is 0 Å². The predicted molar refractivity (Wildman–Crippen MR) is 106 cm³/mol. The summed E-state index contributed by atoms with van der Waals surface area (Å²) >= 11 is 9.53. The lowest BCUT2D eigenvalue weighted by Gasteiger charge is -2.18. The number of nitrogens with zero attached hydrogens (tertiary/aromatic N) is 1. The molecule has 4 N–H and O–H groups in total. The van der Waals surface area contributed by atoms with Crippen molar-refractivity contribution in [1.82, 2.24) is 5.48 Å². The first kappa shape index (κ1) is 19.7. The summed E-state index contributed by atoms with van der Waals surface area (Å²) in [4.78, 5) is 19.2. The van der Waals surface area contributed by atoms with Crippen LogP contribution in [-0.2, 0) is 4.84 Å². The first-order valence-corrected chi connectivity index (χ1v) is 9.16. The lowest BCUT2D eigenvalue weighted by molar-refractivity contribution is 0.0169. The second kappa shape index (κ2) is 8.30. The van der Waals surface area contributed by atoms with E-state index in [4.69, 9.17) is 21.5 Å². The van der Waals surface area contributed by atoms with Gasteiger partial charge in [0.05, 0.1) is 53.2 Å². The Kier molecular flexibility index (Phi) is 6.05. The number of hydrogen-bond acceptors (Lipinski definition) is 6. The van der Waals surface area contributed by atoms with E-state index in [1.807, 2.05) is 0 Å². The van der Waals surface area contributed by atoms with E-state index in [9.17, 15) is 4.79 Å². The predicted octanol–water partition coefficient (Wildman–Crippen LogP) is 3.46. The van der Waals surface area contributed by atoms with Crippen LogP contribution in [0.15, 0.2) is 28.7 Å². The third-order valence-electron chi connectivity index (χ3n) is 3.94. The van der Waals surface area contributed by atoms with Crippen LogP contribution >= 0.6 is 27.5 Å². The fraction of sp³-hybridized carbons (Fsp3) is 0.235. The Balaban J connectivity index is 2.03. The van der Waals surface area contributed by atoms with Gasteiger partial charge in [0.25, 0.3) is 5.91 Å². The van der Waals surface area contributed by atoms with Crippen molar-refractivity contribution >= 4 is 56.2 Å². The number of carbonyl (C=O) groups is 1. The van der Waals surface area contributed by atoms with E-state index < -0.39 is 11.7 Å². The van der Waals surface area contributed by atoms with Gasteiger partial charge in [-0.2, -0.15) is 0 Å². The molecule has 0 fully saturated rings. The molecule has 27 heavy (non-hydrogen) atoms. The summed E-state index contributed by atoms with van der Waals surface area (Å²) < 4.78 is 16.0. The fourth-order valence-electron chi connectivity index (χ4n) is 2.63. The van der Waals surface area contributed by atoms with Gasteiger partial charge >= 0.3 is 0 Å². The highest BCUT2D eigenvalue weighted by Crippen LogP contribution is 2.41. The van der Waals surface area contributed by atoms with Crippen molar-refractivity contribution in [3.63, 3.8) is 0 Å². The molecule has 0 aromatic heterocycles. The van der Waals surface area contributed by atoms with Gasteiger partial charge in [0.15, 0.2) is 5.82 Å². The summed E-state index contributed by atoms with van der Waals surface area (Å²) in [6.07, 6.45) is 0. The Bertz CT molecular complexity index is 884. The van der Waals surface area contributed by atoms with Crippen molar-refractivity contribution in [2.24, 2.45) is 0 Å². The van der Waals surface area contributed by atoms with Crippen molar-refractivity contribution in [2.75, 3.05) is 42.5 Å². The first-order valence-electron chi connectivity index (χ1n) is 7.99. The number of amides is 1. The summed E-state index contributed by atoms with van der Waals surface area (Å²) in [5.41, 5.74) is 3.48. The molecule has 0 bridgehead atoms. The molecule has 144 valence electrons. The Morgan fingerprint density at radius 3 is 2.96 bits per heavy atom. The molecule has 1 heterocycles. The highest BCUT2D eigenvalue weighted by atomic mass is 79.9. The highest BCUT2D eigenvalue weighted by Gasteiger charge is 2.27. The normalized spacial score (nSPS) is 12.6. The number of benzene rings is 2. The minimum atomic E-state index is -0.652. The molecule has 0 atom stereocenters. The molecule has 0 saturated heterocycles. The van der Waals surface area contributed by atoms with E-state index in [1.54, 1.807) is 36.2 Å². The second-order valence-corrected chi connectivity index (χ2v) is 7.12. The highest BCUT2D eigenvalue weighted by molar-refractivity contribution is 9.10. The zero-order valence-electron chi connectivity index (χ0n) is 14.3. The van der Waals surface area contributed by atoms with Crippen molar-refractivity contribution in [3.8, 4) is 0 Å². The molecule has 1 aliphatic rings. The number of nitrogens with one attached hydrogen (secondary N) is 3. The molecule has 0 saturated carbocycles. The van der Waals surface area contributed by atoms with Gasteiger partial charge in [-0.25, -0.2) is 9.87 Å². The van der Waals surface area contributed by atoms with E-state index in [0.29, 0.717) is 28.8 Å². The fourth-order valence-corrected chi connectivity index (χ4v) is 3.35. The zero-order chi connectivity index (χ0) is 19.6. The SMILES string of the molecule is CN1CNc2c1cc(C(=O)NOCCO)c(Nc1ccc(Br)cc1Cl)c2F. The third kappa shape index (κ3) is 4.11. The molecule has 3 rings (SSSR count). The number of aliphatic hydroxyl groups is 1. The van der Waals surface area contributed by atoms with E-state index >= 15 is 4.39 Å². The van der Waals surface area contributed by atoms with Crippen LogP contribution in [0.25, 0.3) is 0 Å². The van der Waals surface area contributed by atoms with Gasteiger partial charge in [-0.3, -0.25) is 9.63 Å². The minimum Gasteiger partial charge on any atom is -0.394 e. The summed E-state index contributed by atoms with van der Waals surface area (Å²) in [5.74, 6) is -1.26. The Morgan fingerprint density at radius 1 is 1.48 bits per heavy atom. The van der Waals surface area contributed by atoms with E-state index in [2.05, 4.69) is 32.0 Å². The van der Waals surface area contributed by atoms with Crippen LogP contribution in [0, 0.1) is 5.82 Å². The van der Waals surface area contributed by atoms with Gasteiger partial charge in [0, 0.05) is 11.5 Å². The smallest absolute Gasteiger partial charge is 0.277 e. The maximum Gasteiger partial charge on any atom is 0.277 e. The number of anilines is 4. The molecule has 0 unspecified atom stereocenters. The summed E-state index contributed by atoms with van der Waals surface area (Å²) in [7, 11) is 1.78. The van der Waals surface area contributed by atoms with Gasteiger partial charge in [0.1, 0.15) is 0 Å². The first-order chi connectivity index (χ1) is 12.9. The summed E-state index contributed by atoms with van der Waals surface area (Å²) in [6.45, 7) is 0.0733. The van der Waals surface area contributed by atoms with Gasteiger partial charge < -0.3 is 20.6 Å². The van der Waals surface area contributed by atoms with Crippen LogP contribution < -0.4 is 21.0 Å². The van der Waals surface area contributed by atoms with Crippen molar-refractivity contribution in [1.29, 1.82) is 0 Å². The van der Waals surface area contributed by atoms with Crippen LogP contribution in [-0.4, -0.2) is 37.9 Å². The third-order valence-corrected chi connectivity index (χ3v) is 4.75. The number of halogens is 3. The molecule has 0 radical (unpaired) electrons. The largest absolute Gasteiger partial charge is 0.394 e. The van der Waals surface area contributed by atoms with Gasteiger partial charge in [-0.1, -0.05) is 27.5 Å². The van der Waals surface area contributed by atoms with Crippen LogP contribution in [0.2, 0.25) is 5.02 Å². The second-order valence-electron chi connectivity index (χ2n) is 5.79. The minimum absolute atomic E-state index is 0.0362. The maximum atomic E-state index is 15.2. The monoisotopic (exact) mass is 458 g/mol. The van der Waals surface area contributed by atoms with Gasteiger partial charge in [0.2, 0.25) is 0 Å². The van der Waals surface area contributed by atoms with Crippen LogP contribution in [0.4, 0.5) is 27.1 Å². The lowest BCUT2D eigenvalue weighted by atomic mass is 10.1. The number of fused-ring (bicyclic) bond motifs is 1. The molecular formula is C17H17BrClFN4O3. The van der Waals surface area contributed by atoms with Gasteiger partial charge in [-0.15, -0.1) is 0 Å². The van der Waals surface area contributed by atoms with E-state index in [0.717, 1.165) is 4.47 Å². The van der Waals surface area contributed by atoms with Crippen LogP contribution in [0.1, 0.15) is 10.4 Å². The average molecular weight is 460 g/mol. The molecule has 1 aliphatic heterocycles. The van der Waals surface area contributed by atoms with Crippen molar-refractivity contribution in [3.05, 3.63) is 45.1 Å². The number of hydroxylamine groups is 1. The molecule has 2 aromatic carbocycles. The Hall–Kier alpha value is -2.07. The molecular weight excluding hydrogens is 443 g/mol. The maximum absolute atomic E-state index is 15.2.